The third kappa shape index (κ3) is 2.87. The molecule has 1 aromatic heterocycles. The number of aromatic nitrogens is 1. The minimum atomic E-state index is -3.74. The van der Waals surface area contributed by atoms with Gasteiger partial charge in [0.05, 0.1) is 10.4 Å². The molecule has 154 valence electrons. The van der Waals surface area contributed by atoms with E-state index in [0.717, 1.165) is 29.4 Å². The van der Waals surface area contributed by atoms with Gasteiger partial charge in [-0.05, 0) is 62.3 Å². The van der Waals surface area contributed by atoms with E-state index in [1.54, 1.807) is 25.3 Å². The number of fused-ring (bicyclic) bond motifs is 3. The highest BCUT2D eigenvalue weighted by Crippen LogP contribution is 2.52. The predicted molar refractivity (Wildman–Crippen MR) is 118 cm³/mol. The molecule has 1 saturated carbocycles. The quantitative estimate of drug-likeness (QED) is 0.555. The van der Waals surface area contributed by atoms with Gasteiger partial charge in [0, 0.05) is 23.4 Å². The van der Waals surface area contributed by atoms with Crippen molar-refractivity contribution in [1.29, 1.82) is 0 Å². The highest BCUT2D eigenvalue weighted by molar-refractivity contribution is 7.90. The fourth-order valence-corrected chi connectivity index (χ4v) is 6.81. The summed E-state index contributed by atoms with van der Waals surface area (Å²) in [6.45, 7) is 3.61. The van der Waals surface area contributed by atoms with Crippen molar-refractivity contribution in [2.75, 3.05) is 0 Å². The predicted octanol–water partition coefficient (Wildman–Crippen LogP) is 5.07. The fourth-order valence-electron chi connectivity index (χ4n) is 5.44. The molecule has 0 spiro atoms. The molecule has 5 heteroatoms. The third-order valence-corrected chi connectivity index (χ3v) is 8.55. The van der Waals surface area contributed by atoms with Gasteiger partial charge in [-0.1, -0.05) is 48.0 Å². The van der Waals surface area contributed by atoms with Gasteiger partial charge in [-0.15, -0.1) is 0 Å². The molecule has 0 aliphatic heterocycles. The molecule has 4 nitrogen and oxygen atoms in total. The second-order valence-corrected chi connectivity index (χ2v) is 10.5. The molecule has 3 aromatic rings. The van der Waals surface area contributed by atoms with E-state index in [-0.39, 0.29) is 34.4 Å². The molecule has 6 rings (SSSR count). The number of carbonyl (C=O) groups excluding carboxylic acids is 1. The lowest BCUT2D eigenvalue weighted by atomic mass is 9.59. The van der Waals surface area contributed by atoms with E-state index >= 15 is 0 Å². The fraction of sp³-hybridized carbons (Fsp3) is 0.320. The summed E-state index contributed by atoms with van der Waals surface area (Å²) in [7, 11) is -3.74. The first kappa shape index (κ1) is 19.3. The summed E-state index contributed by atoms with van der Waals surface area (Å²) in [5, 5.41) is 0.922. The Morgan fingerprint density at radius 2 is 1.63 bits per heavy atom. The summed E-state index contributed by atoms with van der Waals surface area (Å²) in [6.07, 6.45) is 8.27. The molecule has 0 amide bonds. The van der Waals surface area contributed by atoms with E-state index in [2.05, 4.69) is 12.2 Å². The van der Waals surface area contributed by atoms with Crippen LogP contribution in [0.4, 0.5) is 0 Å². The Hall–Kier alpha value is -2.66. The van der Waals surface area contributed by atoms with Crippen LogP contribution in [0.5, 0.6) is 0 Å². The molecular weight excluding hydrogens is 394 g/mol. The average molecular weight is 420 g/mol. The molecule has 1 fully saturated rings. The molecular formula is C25H25NO3S. The number of hydrogen-bond donors (Lipinski definition) is 0. The number of carbonyl (C=O) groups is 1. The Balaban J connectivity index is 1.72. The Bertz CT molecular complexity index is 1270. The highest BCUT2D eigenvalue weighted by atomic mass is 32.2. The van der Waals surface area contributed by atoms with Crippen LogP contribution in [0.1, 0.15) is 36.8 Å². The van der Waals surface area contributed by atoms with Crippen LogP contribution in [-0.4, -0.2) is 18.2 Å². The topological polar surface area (TPSA) is 56.1 Å². The Labute approximate surface area is 177 Å². The molecule has 3 aliphatic rings. The first-order valence-corrected chi connectivity index (χ1v) is 11.9. The lowest BCUT2D eigenvalue weighted by Crippen LogP contribution is -2.39. The smallest absolute Gasteiger partial charge is 0.268 e. The van der Waals surface area contributed by atoms with Crippen molar-refractivity contribution in [3.63, 3.8) is 0 Å². The second kappa shape index (κ2) is 6.95. The zero-order valence-corrected chi connectivity index (χ0v) is 18.0. The maximum Gasteiger partial charge on any atom is 0.268 e. The summed E-state index contributed by atoms with van der Waals surface area (Å²) in [4.78, 5) is 12.9. The van der Waals surface area contributed by atoms with Gasteiger partial charge in [-0.25, -0.2) is 12.4 Å². The number of Topliss-reactive ketones (excluding diaryl/α,β-unsaturated/α-hetero) is 1. The van der Waals surface area contributed by atoms with Gasteiger partial charge in [0.1, 0.15) is 5.78 Å². The number of nitrogens with zero attached hydrogens (tertiary/aromatic N) is 1. The first-order chi connectivity index (χ1) is 14.4. The van der Waals surface area contributed by atoms with Crippen LogP contribution in [0.3, 0.4) is 0 Å². The van der Waals surface area contributed by atoms with Gasteiger partial charge in [-0.3, -0.25) is 4.79 Å². The van der Waals surface area contributed by atoms with Gasteiger partial charge >= 0.3 is 0 Å². The number of para-hydroxylation sites is 1. The van der Waals surface area contributed by atoms with Gasteiger partial charge in [0.25, 0.3) is 10.0 Å². The maximum atomic E-state index is 13.5. The van der Waals surface area contributed by atoms with E-state index in [4.69, 9.17) is 0 Å². The van der Waals surface area contributed by atoms with E-state index in [1.165, 1.54) is 3.97 Å². The molecule has 2 aromatic carbocycles. The summed E-state index contributed by atoms with van der Waals surface area (Å²) >= 11 is 0. The Morgan fingerprint density at radius 3 is 2.30 bits per heavy atom. The van der Waals surface area contributed by atoms with Crippen molar-refractivity contribution in [3.8, 4) is 0 Å². The molecule has 4 atom stereocenters. The van der Waals surface area contributed by atoms with Gasteiger partial charge < -0.3 is 0 Å². The third-order valence-electron chi connectivity index (χ3n) is 6.86. The minimum absolute atomic E-state index is 0.0191. The van der Waals surface area contributed by atoms with Crippen LogP contribution < -0.4 is 0 Å². The SMILES string of the molecule is CC(=O)[C@H]1[C@H](c2cn(S(=O)(=O)c3ccc(C)cc3)c3ccccc23)[C@H]2C=C[C@@H]1CC2. The van der Waals surface area contributed by atoms with Crippen molar-refractivity contribution in [2.45, 2.75) is 37.5 Å². The van der Waals surface area contributed by atoms with Crippen LogP contribution >= 0.6 is 0 Å². The summed E-state index contributed by atoms with van der Waals surface area (Å²) in [5.41, 5.74) is 2.66. The van der Waals surface area contributed by atoms with Crippen LogP contribution in [0.15, 0.2) is 71.8 Å². The van der Waals surface area contributed by atoms with Crippen molar-refractivity contribution in [1.82, 2.24) is 3.97 Å². The van der Waals surface area contributed by atoms with Gasteiger partial charge in [0.2, 0.25) is 0 Å². The van der Waals surface area contributed by atoms with Crippen LogP contribution in [0.25, 0.3) is 10.9 Å². The summed E-state index contributed by atoms with van der Waals surface area (Å²) in [5.74, 6) is 0.636. The van der Waals surface area contributed by atoms with E-state index < -0.39 is 10.0 Å². The normalized spacial score (nSPS) is 25.7. The number of hydrogen-bond acceptors (Lipinski definition) is 3. The molecule has 30 heavy (non-hydrogen) atoms. The number of aryl methyl sites for hydroxylation is 1. The van der Waals surface area contributed by atoms with Crippen molar-refractivity contribution >= 4 is 26.7 Å². The van der Waals surface area contributed by atoms with Gasteiger partial charge in [-0.2, -0.15) is 0 Å². The lowest BCUT2D eigenvalue weighted by Gasteiger charge is -2.44. The van der Waals surface area contributed by atoms with Crippen molar-refractivity contribution < 1.29 is 13.2 Å². The number of rotatable bonds is 4. The number of ketones is 1. The second-order valence-electron chi connectivity index (χ2n) is 8.67. The van der Waals surface area contributed by atoms with E-state index in [1.807, 2.05) is 43.3 Å². The summed E-state index contributed by atoms with van der Waals surface area (Å²) < 4.78 is 28.4. The monoisotopic (exact) mass is 419 g/mol. The van der Waals surface area contributed by atoms with Crippen LogP contribution in [-0.2, 0) is 14.8 Å². The first-order valence-electron chi connectivity index (χ1n) is 10.5. The number of benzene rings is 2. The highest BCUT2D eigenvalue weighted by Gasteiger charge is 2.45. The average Bonchev–Trinajstić information content (AvgIpc) is 3.14. The zero-order valence-electron chi connectivity index (χ0n) is 17.2. The molecule has 0 unspecified atom stereocenters. The Kier molecular flexibility index (Phi) is 4.47. The van der Waals surface area contributed by atoms with Crippen LogP contribution in [0.2, 0.25) is 0 Å². The molecule has 1 heterocycles. The maximum absolute atomic E-state index is 13.5. The zero-order chi connectivity index (χ0) is 21.0. The largest absolute Gasteiger partial charge is 0.300 e. The lowest BCUT2D eigenvalue weighted by molar-refractivity contribution is -0.124. The van der Waals surface area contributed by atoms with E-state index in [9.17, 15) is 13.2 Å². The molecule has 3 aliphatic carbocycles. The molecule has 2 bridgehead atoms. The minimum Gasteiger partial charge on any atom is -0.300 e. The van der Waals surface area contributed by atoms with Gasteiger partial charge in [0.15, 0.2) is 0 Å². The molecule has 0 saturated heterocycles. The van der Waals surface area contributed by atoms with Crippen LogP contribution in [0, 0.1) is 24.7 Å². The Morgan fingerprint density at radius 1 is 0.967 bits per heavy atom. The van der Waals surface area contributed by atoms with E-state index in [0.29, 0.717) is 5.52 Å². The number of allylic oxidation sites excluding steroid dienone is 2. The van der Waals surface area contributed by atoms with Crippen molar-refractivity contribution in [2.24, 2.45) is 17.8 Å². The summed E-state index contributed by atoms with van der Waals surface area (Å²) in [6, 6.07) is 14.6. The molecule has 0 radical (unpaired) electrons. The van der Waals surface area contributed by atoms with Crippen molar-refractivity contribution in [3.05, 3.63) is 78.0 Å². The molecule has 0 N–H and O–H groups in total. The standard InChI is InChI=1S/C25H25NO3S/c1-16-7-13-20(14-8-16)30(28,29)26-15-22(21-5-3-4-6-23(21)26)25-19-11-9-18(10-12-19)24(25)17(2)27/h3-9,11,13-15,18-19,24-25H,10,12H2,1-2H3/t18-,19+,24-,25+/m1/s1.